The molecule has 4 nitrogen and oxygen atoms in total. The van der Waals surface area contributed by atoms with Crippen molar-refractivity contribution in [3.8, 4) is 0 Å². The van der Waals surface area contributed by atoms with Gasteiger partial charge in [-0.2, -0.15) is 0 Å². The van der Waals surface area contributed by atoms with E-state index in [2.05, 4.69) is 39.0 Å². The lowest BCUT2D eigenvalue weighted by atomic mass is 9.67. The van der Waals surface area contributed by atoms with Crippen molar-refractivity contribution in [2.24, 2.45) is 17.8 Å². The molecule has 1 amide bonds. The topological polar surface area (TPSA) is 54.9 Å². The van der Waals surface area contributed by atoms with Crippen molar-refractivity contribution in [2.45, 2.75) is 43.1 Å². The maximum absolute atomic E-state index is 12.6. The number of amides is 1. The van der Waals surface area contributed by atoms with Crippen LogP contribution in [0.25, 0.3) is 0 Å². The molecule has 2 atom stereocenters. The van der Waals surface area contributed by atoms with Gasteiger partial charge in [0.15, 0.2) is 0 Å². The summed E-state index contributed by atoms with van der Waals surface area (Å²) < 4.78 is 0.439. The molecule has 1 aromatic rings. The zero-order chi connectivity index (χ0) is 15.2. The molecule has 3 fully saturated rings. The van der Waals surface area contributed by atoms with Gasteiger partial charge in [0.05, 0.1) is 4.08 Å². The Labute approximate surface area is 143 Å². The zero-order valence-electron chi connectivity index (χ0n) is 12.7. The molecule has 1 saturated heterocycles. The number of anilines is 1. The maximum atomic E-state index is 12.6. The minimum Gasteiger partial charge on any atom is -0.300 e. The van der Waals surface area contributed by atoms with Crippen molar-refractivity contribution >= 4 is 45.9 Å². The molecule has 0 aromatic carbocycles. The predicted molar refractivity (Wildman–Crippen MR) is 94.5 cm³/mol. The molecule has 1 spiro atoms. The second-order valence-electron chi connectivity index (χ2n) is 6.53. The lowest BCUT2D eigenvalue weighted by Crippen LogP contribution is -2.48. The van der Waals surface area contributed by atoms with Crippen LogP contribution in [-0.2, 0) is 4.79 Å². The number of thioether (sulfide) groups is 2. The van der Waals surface area contributed by atoms with E-state index in [1.54, 1.807) is 0 Å². The summed E-state index contributed by atoms with van der Waals surface area (Å²) in [4.78, 5) is 12.6. The number of nitrogens with zero attached hydrogens (tertiary/aromatic N) is 2. The number of hydrogen-bond donors (Lipinski definition) is 1. The van der Waals surface area contributed by atoms with Crippen LogP contribution in [0.3, 0.4) is 0 Å². The minimum atomic E-state index is 0.159. The van der Waals surface area contributed by atoms with Crippen LogP contribution in [0.1, 0.15) is 37.1 Å². The van der Waals surface area contributed by atoms with Gasteiger partial charge in [0, 0.05) is 17.4 Å². The number of aryl methyl sites for hydroxylation is 1. The standard InChI is InChI=1S/C15H21N3OS3/c1-9-17-18-14(22-9)16-13(19)10-7-11-3-2-4-12(8-10)15(11)20-5-6-21-15/h10-12H,2-8H2,1H3,(H,16,18,19)/t11-,12-/m0/s1. The molecule has 2 aliphatic carbocycles. The van der Waals surface area contributed by atoms with Crippen LogP contribution in [0.2, 0.25) is 0 Å². The van der Waals surface area contributed by atoms with Gasteiger partial charge in [-0.1, -0.05) is 17.8 Å². The molecule has 22 heavy (non-hydrogen) atoms. The summed E-state index contributed by atoms with van der Waals surface area (Å²) >= 11 is 5.84. The summed E-state index contributed by atoms with van der Waals surface area (Å²) in [5, 5.41) is 12.5. The van der Waals surface area contributed by atoms with E-state index in [-0.39, 0.29) is 11.8 Å². The third-order valence-electron chi connectivity index (χ3n) is 5.25. The molecule has 4 rings (SSSR count). The zero-order valence-corrected chi connectivity index (χ0v) is 15.2. The van der Waals surface area contributed by atoms with E-state index in [1.807, 2.05) is 6.92 Å². The number of aromatic nitrogens is 2. The normalized spacial score (nSPS) is 33.0. The fraction of sp³-hybridized carbons (Fsp3) is 0.800. The van der Waals surface area contributed by atoms with E-state index in [0.717, 1.165) is 17.8 Å². The van der Waals surface area contributed by atoms with Gasteiger partial charge in [-0.05, 0) is 44.4 Å². The molecule has 7 heteroatoms. The highest BCUT2D eigenvalue weighted by atomic mass is 32.2. The van der Waals surface area contributed by atoms with Gasteiger partial charge in [-0.15, -0.1) is 33.7 Å². The van der Waals surface area contributed by atoms with Crippen LogP contribution >= 0.6 is 34.9 Å². The largest absolute Gasteiger partial charge is 0.300 e. The van der Waals surface area contributed by atoms with Crippen molar-refractivity contribution in [1.82, 2.24) is 10.2 Å². The first-order valence-electron chi connectivity index (χ1n) is 8.06. The van der Waals surface area contributed by atoms with Gasteiger partial charge in [0.1, 0.15) is 5.01 Å². The second-order valence-corrected chi connectivity index (χ2v) is 10.7. The highest BCUT2D eigenvalue weighted by Gasteiger charge is 2.55. The van der Waals surface area contributed by atoms with E-state index in [9.17, 15) is 4.79 Å². The predicted octanol–water partition coefficient (Wildman–Crippen LogP) is 3.79. The molecular weight excluding hydrogens is 334 g/mol. The quantitative estimate of drug-likeness (QED) is 0.875. The Kier molecular flexibility index (Phi) is 4.15. The average Bonchev–Trinajstić information content (AvgIpc) is 3.09. The number of hydrogen-bond acceptors (Lipinski definition) is 6. The van der Waals surface area contributed by atoms with Crippen molar-refractivity contribution in [2.75, 3.05) is 16.8 Å². The Hall–Kier alpha value is -0.270. The Morgan fingerprint density at radius 3 is 2.45 bits per heavy atom. The number of carbonyl (C=O) groups excluding carboxylic acids is 1. The van der Waals surface area contributed by atoms with E-state index in [0.29, 0.717) is 21.0 Å². The van der Waals surface area contributed by atoms with E-state index >= 15 is 0 Å². The summed E-state index contributed by atoms with van der Waals surface area (Å²) in [7, 11) is 0. The first-order valence-corrected chi connectivity index (χ1v) is 10.8. The van der Waals surface area contributed by atoms with Crippen LogP contribution < -0.4 is 5.32 Å². The van der Waals surface area contributed by atoms with Crippen molar-refractivity contribution < 1.29 is 4.79 Å². The average molecular weight is 356 g/mol. The highest BCUT2D eigenvalue weighted by Crippen LogP contribution is 2.64. The van der Waals surface area contributed by atoms with E-state index in [4.69, 9.17) is 0 Å². The lowest BCUT2D eigenvalue weighted by molar-refractivity contribution is -0.122. The first kappa shape index (κ1) is 15.3. The van der Waals surface area contributed by atoms with Gasteiger partial charge in [-0.25, -0.2) is 0 Å². The first-order chi connectivity index (χ1) is 10.7. The summed E-state index contributed by atoms with van der Waals surface area (Å²) in [6.07, 6.45) is 6.07. The SMILES string of the molecule is Cc1nnc(NC(=O)C2C[C@@H]3CCC[C@@H](C2)C32SCCS2)s1. The van der Waals surface area contributed by atoms with Crippen molar-refractivity contribution in [1.29, 1.82) is 0 Å². The smallest absolute Gasteiger partial charge is 0.229 e. The molecule has 2 bridgehead atoms. The van der Waals surface area contributed by atoms with Crippen LogP contribution in [0, 0.1) is 24.7 Å². The summed E-state index contributed by atoms with van der Waals surface area (Å²) in [5.41, 5.74) is 0. The lowest BCUT2D eigenvalue weighted by Gasteiger charge is -2.51. The van der Waals surface area contributed by atoms with Gasteiger partial charge in [0.2, 0.25) is 11.0 Å². The van der Waals surface area contributed by atoms with Crippen molar-refractivity contribution in [3.05, 3.63) is 5.01 Å². The summed E-state index contributed by atoms with van der Waals surface area (Å²) in [6.45, 7) is 1.91. The van der Waals surface area contributed by atoms with E-state index < -0.39 is 0 Å². The monoisotopic (exact) mass is 355 g/mol. The highest BCUT2D eigenvalue weighted by molar-refractivity contribution is 8.21. The van der Waals surface area contributed by atoms with Crippen molar-refractivity contribution in [3.63, 3.8) is 0 Å². The molecule has 1 aromatic heterocycles. The van der Waals surface area contributed by atoms with Crippen LogP contribution in [0.4, 0.5) is 5.13 Å². The van der Waals surface area contributed by atoms with Gasteiger partial charge in [-0.3, -0.25) is 4.79 Å². The number of nitrogens with one attached hydrogen (secondary N) is 1. The van der Waals surface area contributed by atoms with Gasteiger partial charge >= 0.3 is 0 Å². The molecule has 2 heterocycles. The Bertz CT molecular complexity index is 554. The number of rotatable bonds is 2. The minimum absolute atomic E-state index is 0.159. The van der Waals surface area contributed by atoms with Crippen LogP contribution in [0.5, 0.6) is 0 Å². The summed E-state index contributed by atoms with van der Waals surface area (Å²) in [5.74, 6) is 4.33. The Morgan fingerprint density at radius 1 is 1.18 bits per heavy atom. The molecular formula is C15H21N3OS3. The van der Waals surface area contributed by atoms with Gasteiger partial charge < -0.3 is 5.32 Å². The molecule has 1 N–H and O–H groups in total. The van der Waals surface area contributed by atoms with Gasteiger partial charge in [0.25, 0.3) is 0 Å². The summed E-state index contributed by atoms with van der Waals surface area (Å²) in [6, 6.07) is 0. The molecule has 1 aliphatic heterocycles. The Balaban J connectivity index is 1.47. The molecule has 120 valence electrons. The Morgan fingerprint density at radius 2 is 1.86 bits per heavy atom. The fourth-order valence-corrected chi connectivity index (χ4v) is 8.91. The fourth-order valence-electron chi connectivity index (χ4n) is 4.38. The molecule has 2 saturated carbocycles. The van der Waals surface area contributed by atoms with Crippen LogP contribution in [-0.4, -0.2) is 31.7 Å². The third kappa shape index (κ3) is 2.59. The van der Waals surface area contributed by atoms with Crippen LogP contribution in [0.15, 0.2) is 0 Å². The maximum Gasteiger partial charge on any atom is 0.229 e. The molecule has 0 radical (unpaired) electrons. The van der Waals surface area contributed by atoms with E-state index in [1.165, 1.54) is 42.1 Å². The molecule has 3 aliphatic rings. The number of carbonyl (C=O) groups is 1. The second kappa shape index (κ2) is 5.98. The third-order valence-corrected chi connectivity index (χ3v) is 10.0. The molecule has 0 unspecified atom stereocenters.